The van der Waals surface area contributed by atoms with Crippen molar-refractivity contribution in [3.63, 3.8) is 0 Å². The Bertz CT molecular complexity index is 1480. The second-order valence-corrected chi connectivity index (χ2v) is 13.4. The van der Waals surface area contributed by atoms with E-state index in [0.29, 0.717) is 5.88 Å². The summed E-state index contributed by atoms with van der Waals surface area (Å²) in [5, 5.41) is 34.8. The number of aliphatic hydroxyl groups excluding tert-OH is 2. The molecule has 0 radical (unpaired) electrons. The van der Waals surface area contributed by atoms with Crippen LogP contribution < -0.4 is 5.32 Å². The van der Waals surface area contributed by atoms with Crippen LogP contribution in [0.3, 0.4) is 0 Å². The molecule has 2 aromatic carbocycles. The number of aliphatic hydroxyl groups is 2. The van der Waals surface area contributed by atoms with Crippen LogP contribution in [0, 0.1) is 0 Å². The van der Waals surface area contributed by atoms with Crippen LogP contribution in [-0.4, -0.2) is 110 Å². The molecular weight excluding hydrogens is 689 g/mol. The molecule has 0 amide bonds. The third kappa shape index (κ3) is 14.7. The molecule has 2 saturated heterocycles. The van der Waals surface area contributed by atoms with Crippen LogP contribution in [0.25, 0.3) is 20.2 Å². The normalized spacial score (nSPS) is 15.0. The summed E-state index contributed by atoms with van der Waals surface area (Å²) in [4.78, 5) is 11.2. The summed E-state index contributed by atoms with van der Waals surface area (Å²) in [7, 11) is 0. The van der Waals surface area contributed by atoms with E-state index in [1.165, 1.54) is 31.3 Å². The van der Waals surface area contributed by atoms with Gasteiger partial charge in [-0.05, 0) is 70.5 Å². The molecule has 0 aliphatic carbocycles. The Morgan fingerprint density at radius 3 is 1.69 bits per heavy atom. The van der Waals surface area contributed by atoms with Gasteiger partial charge in [0, 0.05) is 61.2 Å². The number of aliphatic carboxylic acids is 1. The number of hydrogen-bond acceptors (Lipinski definition) is 9. The maximum atomic E-state index is 10.6. The number of thiophene rings is 2. The fraction of sp³-hybridized carbons (Fsp3) is 0.500. The van der Waals surface area contributed by atoms with E-state index in [9.17, 15) is 18.3 Å². The molecule has 0 saturated carbocycles. The number of β-amino-alcohol motifs (C(OH)–C–C–N with tert-alkyl or cyclic N) is 2. The van der Waals surface area contributed by atoms with Crippen molar-refractivity contribution in [2.45, 2.75) is 44.1 Å². The smallest absolute Gasteiger partial charge is 0.475 e. The lowest BCUT2D eigenvalue weighted by atomic mass is 10.1. The summed E-state index contributed by atoms with van der Waals surface area (Å²) in [6, 6.07) is 17.1. The van der Waals surface area contributed by atoms with Crippen molar-refractivity contribution in [2.75, 3.05) is 65.0 Å². The molecule has 14 heteroatoms. The Kier molecular flexibility index (Phi) is 18.1. The number of nitrogens with zero attached hydrogens (tertiary/aromatic N) is 1. The fourth-order valence-electron chi connectivity index (χ4n) is 4.57. The fourth-order valence-corrected chi connectivity index (χ4v) is 6.67. The van der Waals surface area contributed by atoms with E-state index in [4.69, 9.17) is 36.1 Å². The molecule has 2 fully saturated rings. The highest BCUT2D eigenvalue weighted by molar-refractivity contribution is 7.17. The molecule has 2 aliphatic heterocycles. The molecule has 0 spiro atoms. The van der Waals surface area contributed by atoms with Gasteiger partial charge in [-0.25, -0.2) is 4.79 Å². The number of rotatable bonds is 13. The van der Waals surface area contributed by atoms with Gasteiger partial charge in [-0.15, -0.1) is 34.3 Å². The van der Waals surface area contributed by atoms with E-state index in [1.807, 2.05) is 11.3 Å². The summed E-state index contributed by atoms with van der Waals surface area (Å²) in [5.41, 5.74) is 2.79. The predicted octanol–water partition coefficient (Wildman–Crippen LogP) is 6.20. The maximum absolute atomic E-state index is 10.6. The van der Waals surface area contributed by atoms with Crippen LogP contribution in [-0.2, 0) is 27.1 Å². The summed E-state index contributed by atoms with van der Waals surface area (Å²) in [6.45, 7) is 7.46. The standard InChI is InChI=1S/C16H21NO2S.C13H15ClOS.C3H7NO.C2HF3O2/c18-14-10-17(11-14)7-3-8-19-9-6-13-12-20-16-5-2-1-4-15(13)16;14-7-3-8-15-9-6-11-10-16-13-5-2-1-4-12(11)13;5-3-1-4-2-3;3-2(4,5)1(6)7/h1-2,4-5,12,14,18H,3,6-11H2;1-2,4-5,10H,3,6-9H2;3-5H,1-2H2;(H,6,7). The summed E-state index contributed by atoms with van der Waals surface area (Å²) in [5.74, 6) is -2.08. The largest absolute Gasteiger partial charge is 0.490 e. The first-order valence-electron chi connectivity index (χ1n) is 15.8. The second kappa shape index (κ2) is 21.7. The van der Waals surface area contributed by atoms with E-state index < -0.39 is 12.1 Å². The Hall–Kier alpha value is -2.33. The minimum atomic E-state index is -5.08. The molecule has 6 rings (SSSR count). The highest BCUT2D eigenvalue weighted by Crippen LogP contribution is 2.27. The highest BCUT2D eigenvalue weighted by Gasteiger charge is 2.38. The van der Waals surface area contributed by atoms with Crippen molar-refractivity contribution >= 4 is 60.4 Å². The van der Waals surface area contributed by atoms with Crippen molar-refractivity contribution in [2.24, 2.45) is 0 Å². The Morgan fingerprint density at radius 2 is 1.29 bits per heavy atom. The lowest BCUT2D eigenvalue weighted by Gasteiger charge is -2.35. The van der Waals surface area contributed by atoms with Gasteiger partial charge in [0.2, 0.25) is 0 Å². The van der Waals surface area contributed by atoms with Gasteiger partial charge in [0.1, 0.15) is 0 Å². The molecule has 4 N–H and O–H groups in total. The van der Waals surface area contributed by atoms with Gasteiger partial charge in [-0.2, -0.15) is 13.2 Å². The van der Waals surface area contributed by atoms with E-state index >= 15 is 0 Å². The number of ether oxygens (including phenoxy) is 2. The van der Waals surface area contributed by atoms with E-state index in [-0.39, 0.29) is 12.2 Å². The van der Waals surface area contributed by atoms with Gasteiger partial charge >= 0.3 is 12.1 Å². The zero-order valence-electron chi connectivity index (χ0n) is 26.7. The molecule has 2 aromatic heterocycles. The molecule has 4 heterocycles. The van der Waals surface area contributed by atoms with Crippen molar-refractivity contribution < 1.29 is 42.8 Å². The van der Waals surface area contributed by atoms with Gasteiger partial charge < -0.3 is 30.1 Å². The molecule has 4 aromatic rings. The number of benzene rings is 2. The topological polar surface area (TPSA) is 111 Å². The van der Waals surface area contributed by atoms with E-state index in [2.05, 4.69) is 69.5 Å². The first-order valence-corrected chi connectivity index (χ1v) is 18.1. The number of likely N-dealkylation sites (tertiary alicyclic amines) is 1. The number of alkyl halides is 4. The highest BCUT2D eigenvalue weighted by atomic mass is 35.5. The number of hydrogen-bond donors (Lipinski definition) is 4. The van der Waals surface area contributed by atoms with Gasteiger partial charge in [0.25, 0.3) is 0 Å². The predicted molar refractivity (Wildman–Crippen MR) is 188 cm³/mol. The van der Waals surface area contributed by atoms with Crippen LogP contribution in [0.5, 0.6) is 0 Å². The number of nitrogens with one attached hydrogen (secondary N) is 1. The van der Waals surface area contributed by atoms with Crippen molar-refractivity contribution in [1.82, 2.24) is 10.2 Å². The zero-order valence-corrected chi connectivity index (χ0v) is 29.1. The lowest BCUT2D eigenvalue weighted by molar-refractivity contribution is -0.192. The lowest BCUT2D eigenvalue weighted by Crippen LogP contribution is -2.50. The van der Waals surface area contributed by atoms with Gasteiger partial charge in [0.15, 0.2) is 0 Å². The third-order valence-corrected chi connectivity index (χ3v) is 9.57. The van der Waals surface area contributed by atoms with E-state index in [0.717, 1.165) is 84.8 Å². The molecule has 8 nitrogen and oxygen atoms in total. The SMILES string of the molecule is ClCCCOCCc1csc2ccccc12.O=C(O)C(F)(F)F.OC1CN(CCCOCCc2csc3ccccc23)C1.OC1CNC1. The average molecular weight is 733 g/mol. The molecule has 2 aliphatic rings. The maximum Gasteiger partial charge on any atom is 0.490 e. The van der Waals surface area contributed by atoms with Crippen molar-refractivity contribution in [3.8, 4) is 0 Å². The summed E-state index contributed by atoms with van der Waals surface area (Å²) in [6.07, 6.45) is -1.25. The number of carboxylic acid groups (broad SMARTS) is 1. The minimum absolute atomic E-state index is 0.0463. The van der Waals surface area contributed by atoms with Crippen LogP contribution in [0.1, 0.15) is 24.0 Å². The van der Waals surface area contributed by atoms with Crippen molar-refractivity contribution in [3.05, 3.63) is 70.4 Å². The molecule has 0 bridgehead atoms. The number of carbonyl (C=O) groups is 1. The summed E-state index contributed by atoms with van der Waals surface area (Å²) < 4.78 is 45.7. The number of carboxylic acids is 1. The number of fused-ring (bicyclic) bond motifs is 2. The molecule has 48 heavy (non-hydrogen) atoms. The average Bonchev–Trinajstić information content (AvgIpc) is 3.65. The van der Waals surface area contributed by atoms with Gasteiger partial charge in [-0.3, -0.25) is 4.90 Å². The molecular formula is C34H44ClF3N2O6S2. The minimum Gasteiger partial charge on any atom is -0.475 e. The first kappa shape index (κ1) is 40.1. The van der Waals surface area contributed by atoms with Crippen LogP contribution in [0.2, 0.25) is 0 Å². The van der Waals surface area contributed by atoms with E-state index in [1.54, 1.807) is 11.3 Å². The van der Waals surface area contributed by atoms with Gasteiger partial charge in [0.05, 0.1) is 25.4 Å². The van der Waals surface area contributed by atoms with Crippen LogP contribution in [0.15, 0.2) is 59.3 Å². The number of halogens is 4. The van der Waals surface area contributed by atoms with Crippen LogP contribution in [0.4, 0.5) is 13.2 Å². The molecule has 266 valence electrons. The second-order valence-electron chi connectivity index (χ2n) is 11.2. The van der Waals surface area contributed by atoms with Gasteiger partial charge in [-0.1, -0.05) is 36.4 Å². The molecule has 0 unspecified atom stereocenters. The molecule has 0 atom stereocenters. The summed E-state index contributed by atoms with van der Waals surface area (Å²) >= 11 is 9.20. The quantitative estimate of drug-likeness (QED) is 0.0951. The Morgan fingerprint density at radius 1 is 0.833 bits per heavy atom. The zero-order chi connectivity index (χ0) is 34.8. The van der Waals surface area contributed by atoms with Crippen molar-refractivity contribution in [1.29, 1.82) is 0 Å². The van der Waals surface area contributed by atoms with Crippen LogP contribution >= 0.6 is 34.3 Å². The third-order valence-electron chi connectivity index (χ3n) is 7.28. The Balaban J connectivity index is 0.000000197. The Labute approximate surface area is 292 Å². The first-order chi connectivity index (χ1) is 23.1. The monoisotopic (exact) mass is 732 g/mol.